The van der Waals surface area contributed by atoms with Crippen LogP contribution in [-0.4, -0.2) is 49.9 Å². The van der Waals surface area contributed by atoms with Crippen LogP contribution in [0.3, 0.4) is 0 Å². The number of ether oxygens (including phenoxy) is 1. The van der Waals surface area contributed by atoms with E-state index in [2.05, 4.69) is 10.3 Å². The molecule has 1 aliphatic heterocycles. The molecule has 0 radical (unpaired) electrons. The first-order chi connectivity index (χ1) is 13.5. The zero-order valence-electron chi connectivity index (χ0n) is 15.3. The van der Waals surface area contributed by atoms with Gasteiger partial charge in [-0.15, -0.1) is 0 Å². The summed E-state index contributed by atoms with van der Waals surface area (Å²) in [7, 11) is -3.53. The normalized spacial score (nSPS) is 15.9. The Kier molecular flexibility index (Phi) is 6.58. The molecule has 1 aliphatic rings. The molecule has 1 saturated heterocycles. The molecule has 0 saturated carbocycles. The molecule has 1 fully saturated rings. The van der Waals surface area contributed by atoms with Gasteiger partial charge in [0.15, 0.2) is 18.2 Å². The van der Waals surface area contributed by atoms with Gasteiger partial charge in [0.05, 0.1) is 0 Å². The van der Waals surface area contributed by atoms with E-state index >= 15 is 0 Å². The summed E-state index contributed by atoms with van der Waals surface area (Å²) in [4.78, 5) is 16.0. The van der Waals surface area contributed by atoms with Gasteiger partial charge in [0.25, 0.3) is 5.91 Å². The summed E-state index contributed by atoms with van der Waals surface area (Å²) < 4.78 is 45.2. The molecule has 28 heavy (non-hydrogen) atoms. The van der Waals surface area contributed by atoms with Crippen LogP contribution in [0.2, 0.25) is 0 Å². The third-order valence-electron chi connectivity index (χ3n) is 4.63. The molecule has 0 unspecified atom stereocenters. The van der Waals surface area contributed by atoms with Gasteiger partial charge in [-0.2, -0.15) is 4.31 Å². The zero-order valence-corrected chi connectivity index (χ0v) is 16.1. The molecule has 150 valence electrons. The minimum atomic E-state index is -3.53. The summed E-state index contributed by atoms with van der Waals surface area (Å²) in [6.07, 6.45) is 4.17. The lowest BCUT2D eigenvalue weighted by Gasteiger charge is -2.31. The first-order valence-corrected chi connectivity index (χ1v) is 10.4. The number of hydrogen-bond donors (Lipinski definition) is 1. The van der Waals surface area contributed by atoms with Crippen molar-refractivity contribution in [2.75, 3.05) is 26.2 Å². The van der Waals surface area contributed by atoms with Crippen molar-refractivity contribution in [2.45, 2.75) is 17.7 Å². The second-order valence-electron chi connectivity index (χ2n) is 6.56. The van der Waals surface area contributed by atoms with E-state index in [0.29, 0.717) is 32.5 Å². The van der Waals surface area contributed by atoms with Crippen LogP contribution in [0.4, 0.5) is 4.39 Å². The van der Waals surface area contributed by atoms with Crippen molar-refractivity contribution < 1.29 is 22.3 Å². The van der Waals surface area contributed by atoms with Crippen molar-refractivity contribution in [1.29, 1.82) is 0 Å². The molecule has 1 aromatic carbocycles. The van der Waals surface area contributed by atoms with Crippen molar-refractivity contribution >= 4 is 15.9 Å². The number of benzene rings is 1. The van der Waals surface area contributed by atoms with Gasteiger partial charge in [0, 0.05) is 32.0 Å². The first kappa shape index (κ1) is 20.2. The SMILES string of the molecule is O=C(COc1ccccc1F)NCC1CCN(S(=O)(=O)c2cccnc2)CC1. The van der Waals surface area contributed by atoms with Gasteiger partial charge in [0.1, 0.15) is 4.90 Å². The standard InChI is InChI=1S/C19H22FN3O4S/c20-17-5-1-2-6-18(17)27-14-19(24)22-12-15-7-10-23(11-8-15)28(25,26)16-4-3-9-21-13-16/h1-6,9,13,15H,7-8,10-12,14H2,(H,22,24). The molecule has 0 spiro atoms. The largest absolute Gasteiger partial charge is 0.481 e. The average Bonchev–Trinajstić information content (AvgIpc) is 2.72. The topological polar surface area (TPSA) is 88.6 Å². The van der Waals surface area contributed by atoms with Crippen LogP contribution in [0.1, 0.15) is 12.8 Å². The maximum Gasteiger partial charge on any atom is 0.257 e. The van der Waals surface area contributed by atoms with E-state index in [1.165, 1.54) is 34.9 Å². The van der Waals surface area contributed by atoms with E-state index in [1.807, 2.05) is 0 Å². The fourth-order valence-electron chi connectivity index (χ4n) is 3.02. The molecule has 7 nitrogen and oxygen atoms in total. The van der Waals surface area contributed by atoms with Crippen LogP contribution in [0.25, 0.3) is 0 Å². The summed E-state index contributed by atoms with van der Waals surface area (Å²) in [5, 5.41) is 2.76. The minimum absolute atomic E-state index is 0.0339. The summed E-state index contributed by atoms with van der Waals surface area (Å²) in [5.74, 6) is -0.643. The Hall–Kier alpha value is -2.52. The van der Waals surface area contributed by atoms with Gasteiger partial charge in [-0.25, -0.2) is 12.8 Å². The Morgan fingerprint density at radius 3 is 2.64 bits per heavy atom. The summed E-state index contributed by atoms with van der Waals surface area (Å²) in [5.41, 5.74) is 0. The molecule has 1 amide bonds. The second-order valence-corrected chi connectivity index (χ2v) is 8.50. The molecular weight excluding hydrogens is 385 g/mol. The third kappa shape index (κ3) is 5.05. The predicted octanol–water partition coefficient (Wildman–Crippen LogP) is 1.82. The highest BCUT2D eigenvalue weighted by molar-refractivity contribution is 7.89. The van der Waals surface area contributed by atoms with E-state index < -0.39 is 15.8 Å². The molecule has 9 heteroatoms. The number of carbonyl (C=O) groups excluding carboxylic acids is 1. The number of rotatable bonds is 7. The fraction of sp³-hybridized carbons (Fsp3) is 0.368. The maximum absolute atomic E-state index is 13.5. The van der Waals surface area contributed by atoms with E-state index in [9.17, 15) is 17.6 Å². The summed E-state index contributed by atoms with van der Waals surface area (Å²) in [6.45, 7) is 0.947. The van der Waals surface area contributed by atoms with Crippen molar-refractivity contribution in [3.8, 4) is 5.75 Å². The molecule has 0 atom stereocenters. The van der Waals surface area contributed by atoms with Crippen molar-refractivity contribution in [2.24, 2.45) is 5.92 Å². The first-order valence-electron chi connectivity index (χ1n) is 9.01. The Labute approximate surface area is 163 Å². The smallest absolute Gasteiger partial charge is 0.257 e. The van der Waals surface area contributed by atoms with Crippen LogP contribution in [0.15, 0.2) is 53.7 Å². The number of sulfonamides is 1. The number of carbonyl (C=O) groups is 1. The van der Waals surface area contributed by atoms with E-state index in [-0.39, 0.29) is 29.1 Å². The third-order valence-corrected chi connectivity index (χ3v) is 6.51. The molecule has 1 aromatic heterocycles. The Bertz CT molecular complexity index is 900. The number of pyridine rings is 1. The lowest BCUT2D eigenvalue weighted by Crippen LogP contribution is -2.42. The number of nitrogens with one attached hydrogen (secondary N) is 1. The van der Waals surface area contributed by atoms with E-state index in [1.54, 1.807) is 18.2 Å². The molecule has 0 bridgehead atoms. The van der Waals surface area contributed by atoms with Gasteiger partial charge >= 0.3 is 0 Å². The summed E-state index contributed by atoms with van der Waals surface area (Å²) in [6, 6.07) is 9.02. The lowest BCUT2D eigenvalue weighted by atomic mass is 9.98. The average molecular weight is 407 g/mol. The highest BCUT2D eigenvalue weighted by Crippen LogP contribution is 2.23. The molecule has 0 aliphatic carbocycles. The highest BCUT2D eigenvalue weighted by atomic mass is 32.2. The lowest BCUT2D eigenvalue weighted by molar-refractivity contribution is -0.123. The Balaban J connectivity index is 1.42. The summed E-state index contributed by atoms with van der Waals surface area (Å²) >= 11 is 0. The van der Waals surface area contributed by atoms with E-state index in [0.717, 1.165) is 0 Å². The Morgan fingerprint density at radius 1 is 1.21 bits per heavy atom. The Morgan fingerprint density at radius 2 is 1.96 bits per heavy atom. The number of para-hydroxylation sites is 1. The van der Waals surface area contributed by atoms with Gasteiger partial charge in [-0.05, 0) is 43.0 Å². The van der Waals surface area contributed by atoms with Crippen LogP contribution >= 0.6 is 0 Å². The van der Waals surface area contributed by atoms with Crippen molar-refractivity contribution in [1.82, 2.24) is 14.6 Å². The van der Waals surface area contributed by atoms with Crippen LogP contribution < -0.4 is 10.1 Å². The zero-order chi connectivity index (χ0) is 20.0. The fourth-order valence-corrected chi connectivity index (χ4v) is 4.45. The number of aromatic nitrogens is 1. The molecule has 2 aromatic rings. The number of piperidine rings is 1. The monoisotopic (exact) mass is 407 g/mol. The van der Waals surface area contributed by atoms with Crippen molar-refractivity contribution in [3.63, 3.8) is 0 Å². The van der Waals surface area contributed by atoms with Gasteiger partial charge in [-0.3, -0.25) is 9.78 Å². The number of halogens is 1. The predicted molar refractivity (Wildman–Crippen MR) is 101 cm³/mol. The van der Waals surface area contributed by atoms with Crippen LogP contribution in [0, 0.1) is 11.7 Å². The van der Waals surface area contributed by atoms with Gasteiger partial charge in [0.2, 0.25) is 10.0 Å². The quantitative estimate of drug-likeness (QED) is 0.756. The second kappa shape index (κ2) is 9.11. The molecular formula is C19H22FN3O4S. The van der Waals surface area contributed by atoms with Crippen LogP contribution in [0.5, 0.6) is 5.75 Å². The van der Waals surface area contributed by atoms with Crippen LogP contribution in [-0.2, 0) is 14.8 Å². The molecule has 2 heterocycles. The molecule has 3 rings (SSSR count). The number of nitrogens with zero attached hydrogens (tertiary/aromatic N) is 2. The van der Waals surface area contributed by atoms with Gasteiger partial charge < -0.3 is 10.1 Å². The number of amides is 1. The van der Waals surface area contributed by atoms with Gasteiger partial charge in [-0.1, -0.05) is 12.1 Å². The minimum Gasteiger partial charge on any atom is -0.481 e. The van der Waals surface area contributed by atoms with E-state index in [4.69, 9.17) is 4.74 Å². The number of hydrogen-bond acceptors (Lipinski definition) is 5. The molecule has 1 N–H and O–H groups in total. The van der Waals surface area contributed by atoms with Crippen molar-refractivity contribution in [3.05, 3.63) is 54.6 Å². The maximum atomic E-state index is 13.5. The highest BCUT2D eigenvalue weighted by Gasteiger charge is 2.29.